The van der Waals surface area contributed by atoms with Crippen LogP contribution in [0.25, 0.3) is 0 Å². The van der Waals surface area contributed by atoms with Gasteiger partial charge < -0.3 is 4.18 Å². The third kappa shape index (κ3) is 95.3. The lowest BCUT2D eigenvalue weighted by Crippen LogP contribution is -1.87. The van der Waals surface area contributed by atoms with E-state index in [-0.39, 0.29) is 0 Å². The summed E-state index contributed by atoms with van der Waals surface area (Å²) in [6, 6.07) is 0. The van der Waals surface area contributed by atoms with Gasteiger partial charge in [-0.25, -0.2) is 0 Å². The standard InChI is InChI=1S/CH4OS73/c1-2-75(4,5)74-73-72-71-70-69-68-67-66-65-64-63-62-61-60-59-58-57-56-55-54-53-52-51-50-49-48-47-46-45-44-43-42-41-40-39-38-37-36-35-34-33-32-31-30-29-28-27-26-25-24-23-22-21-20-19-18-17-16-15-14-13-12-11-10-9-8-7-6-3/h3H,1H3. The molecule has 0 amide bonds. The third-order valence-corrected chi connectivity index (χ3v) is 160. The van der Waals surface area contributed by atoms with E-state index in [0.29, 0.717) is 0 Å². The van der Waals surface area contributed by atoms with E-state index in [4.69, 9.17) is 26.6 Å². The zero-order valence-corrected chi connectivity index (χ0v) is 90.9. The van der Waals surface area contributed by atoms with Crippen LogP contribution in [0.4, 0.5) is 0 Å². The summed E-state index contributed by atoms with van der Waals surface area (Å²) in [4.78, 5) is 0. The Morgan fingerprint density at radius 3 is 0.373 bits per heavy atom. The SMILES string of the molecule is COS(=S)(=S)SSSSSSSSSSSSSSSSSSSSSSSSSSSSSSSSSSSSSSSSSSSSSSSSSSSSSSSSSSSSSSSSSSSSSS. The van der Waals surface area contributed by atoms with Crippen LogP contribution in [0.1, 0.15) is 0 Å². The first-order chi connectivity index (χ1) is 37.1. The first-order valence-corrected chi connectivity index (χ1v) is 109. The van der Waals surface area contributed by atoms with Gasteiger partial charge in [0.25, 0.3) is 0 Å². The summed E-state index contributed by atoms with van der Waals surface area (Å²) in [5.41, 5.74) is 0. The summed E-state index contributed by atoms with van der Waals surface area (Å²) in [7, 11) is 126. The minimum absolute atomic E-state index is 1.46. The zero-order valence-electron chi connectivity index (χ0n) is 31.2. The van der Waals surface area contributed by atoms with E-state index < -0.39 is 6.46 Å². The Balaban J connectivity index is 3.09. The van der Waals surface area contributed by atoms with Crippen LogP contribution in [0.15, 0.2) is 0 Å². The van der Waals surface area contributed by atoms with Gasteiger partial charge in [0.15, 0.2) is 0 Å². The average Bonchev–Trinajstić information content (AvgIpc) is 3.41. The first kappa shape index (κ1) is 100. The molecule has 0 heterocycles. The maximum atomic E-state index is 5.18. The van der Waals surface area contributed by atoms with Crippen molar-refractivity contribution in [1.82, 2.24) is 0 Å². The Bertz CT molecular complexity index is 1080. The smallest absolute Gasteiger partial charge is 0.0817 e. The number of rotatable bonds is 70. The molecular weight excluding hydrogens is 2370 g/mol. The molecule has 0 aromatic heterocycles. The van der Waals surface area contributed by atoms with Gasteiger partial charge in [-0.2, -0.15) is 0 Å². The van der Waals surface area contributed by atoms with Crippen molar-refractivity contribution in [2.45, 2.75) is 0 Å². The number of hydrogen-bond acceptors (Lipinski definition) is 73. The molecule has 75 heavy (non-hydrogen) atoms. The van der Waals surface area contributed by atoms with Gasteiger partial charge in [0.1, 0.15) is 0 Å². The fraction of sp³-hybridized carbons (Fsp3) is 1.00. The van der Waals surface area contributed by atoms with E-state index in [0.717, 1.165) is 0 Å². The van der Waals surface area contributed by atoms with Gasteiger partial charge >= 0.3 is 0 Å². The van der Waals surface area contributed by atoms with Crippen molar-refractivity contribution < 1.29 is 4.18 Å². The molecule has 0 saturated heterocycles. The minimum atomic E-state index is -1.80. The van der Waals surface area contributed by atoms with Gasteiger partial charge in [0.2, 0.25) is 0 Å². The molecule has 0 N–H and O–H groups in total. The van der Waals surface area contributed by atoms with Gasteiger partial charge in [0, 0.05) is 599 Å². The lowest BCUT2D eigenvalue weighted by molar-refractivity contribution is 0.491. The van der Waals surface area contributed by atoms with Crippen molar-refractivity contribution in [3.8, 4) is 0 Å². The fourth-order valence-corrected chi connectivity index (χ4v) is 192. The second-order valence-electron chi connectivity index (χ2n) is 5.28. The molecule has 0 spiro atoms. The summed E-state index contributed by atoms with van der Waals surface area (Å²) in [5.74, 6) is 0. The van der Waals surface area contributed by atoms with Crippen LogP contribution in [-0.4, -0.2) is 7.11 Å². The summed E-state index contributed by atoms with van der Waals surface area (Å²) >= 11 is 14.4. The van der Waals surface area contributed by atoms with E-state index in [9.17, 15) is 0 Å². The van der Waals surface area contributed by atoms with Crippen LogP contribution in [0.3, 0.4) is 0 Å². The maximum absolute atomic E-state index is 5.18. The van der Waals surface area contributed by atoms with Crippen molar-refractivity contribution in [2.24, 2.45) is 0 Å². The highest BCUT2D eigenvalue weighted by Gasteiger charge is 2.07. The largest absolute Gasteiger partial charge is 0.305 e. The Morgan fingerprint density at radius 2 is 0.280 bits per heavy atom. The van der Waals surface area contributed by atoms with Crippen molar-refractivity contribution in [3.05, 3.63) is 0 Å². The number of hydrogen-bond donors (Lipinski definition) is 1. The molecule has 452 valence electrons. The summed E-state index contributed by atoms with van der Waals surface area (Å²) < 4.78 is 5.12. The second-order valence-corrected chi connectivity index (χ2v) is 135. The molecular formula is CH4OS73. The summed E-state index contributed by atoms with van der Waals surface area (Å²) in [5, 5.41) is 0. The zero-order chi connectivity index (χ0) is 54.0. The summed E-state index contributed by atoms with van der Waals surface area (Å²) in [6.07, 6.45) is 0. The minimum Gasteiger partial charge on any atom is -0.305 e. The third-order valence-electron chi connectivity index (χ3n) is 2.18. The highest BCUT2D eigenvalue weighted by Crippen LogP contribution is 2.71. The van der Waals surface area contributed by atoms with E-state index in [1.165, 1.54) is 19.7 Å². The van der Waals surface area contributed by atoms with Crippen LogP contribution in [0, 0.1) is 0 Å². The van der Waals surface area contributed by atoms with E-state index in [1.54, 1.807) is 154 Å². The molecule has 0 aliphatic heterocycles. The first-order valence-electron chi connectivity index (χ1n) is 12.6. The number of thiol groups is 1. The molecule has 0 aliphatic carbocycles. The fourth-order valence-electron chi connectivity index (χ4n) is 0.823. The molecule has 0 aromatic rings. The van der Waals surface area contributed by atoms with E-state index in [2.05, 4.69) is 11.7 Å². The van der Waals surface area contributed by atoms with Crippen LogP contribution < -0.4 is 0 Å². The Labute approximate surface area is 709 Å². The maximum Gasteiger partial charge on any atom is 0.0817 e. The molecule has 0 bridgehead atoms. The molecule has 1 nitrogen and oxygen atoms in total. The van der Waals surface area contributed by atoms with Crippen LogP contribution >= 0.6 is 690 Å². The molecule has 74 heteroatoms. The van der Waals surface area contributed by atoms with Crippen LogP contribution in [0.5, 0.6) is 0 Å². The Hall–Kier alpha value is 25.3. The predicted octanol–water partition coefficient (Wildman–Crippen LogP) is 45.2. The van der Waals surface area contributed by atoms with Crippen molar-refractivity contribution >= 4 is 718 Å². The Morgan fingerprint density at radius 1 is 0.187 bits per heavy atom. The quantitative estimate of drug-likeness (QED) is 0.0352. The second kappa shape index (κ2) is 93.5. The van der Waals surface area contributed by atoms with Crippen molar-refractivity contribution in [1.29, 1.82) is 0 Å². The van der Waals surface area contributed by atoms with Gasteiger partial charge in [-0.05, 0) is 101 Å². The lowest BCUT2D eigenvalue weighted by Gasteiger charge is -2.03. The highest BCUT2D eigenvalue weighted by molar-refractivity contribution is 9.65. The summed E-state index contributed by atoms with van der Waals surface area (Å²) in [6.45, 7) is -1.80. The molecule has 0 aliphatic rings. The highest BCUT2D eigenvalue weighted by atomic mass is 34.1. The van der Waals surface area contributed by atoms with Crippen molar-refractivity contribution in [3.63, 3.8) is 0 Å². The molecule has 0 unspecified atom stereocenters. The monoisotopic (exact) mass is 2370 g/mol. The lowest BCUT2D eigenvalue weighted by atomic mass is 11.8. The molecule has 0 fully saturated rings. The molecule has 0 aromatic carbocycles. The predicted molar refractivity (Wildman–Crippen MR) is 562 cm³/mol. The molecule has 0 radical (unpaired) electrons. The average molecular weight is 2370 g/mol. The van der Waals surface area contributed by atoms with Gasteiger partial charge in [-0.15, -0.1) is 0 Å². The van der Waals surface area contributed by atoms with Gasteiger partial charge in [-0.1, -0.05) is 11.7 Å². The van der Waals surface area contributed by atoms with Gasteiger partial charge in [0.05, 0.1) is 13.6 Å². The van der Waals surface area contributed by atoms with Crippen molar-refractivity contribution in [2.75, 3.05) is 7.11 Å². The van der Waals surface area contributed by atoms with Crippen LogP contribution in [0.2, 0.25) is 0 Å². The molecule has 0 atom stereocenters. The van der Waals surface area contributed by atoms with E-state index in [1.807, 2.05) is 511 Å². The van der Waals surface area contributed by atoms with Crippen LogP contribution in [-0.2, 0) is 33.0 Å². The van der Waals surface area contributed by atoms with Gasteiger partial charge in [-0.3, -0.25) is 0 Å². The molecule has 0 saturated carbocycles. The molecule has 0 rings (SSSR count). The van der Waals surface area contributed by atoms with E-state index >= 15 is 0 Å². The Kier molecular flexibility index (Phi) is 125. The topological polar surface area (TPSA) is 9.23 Å². The normalized spacial score (nSPS) is 12.0.